The van der Waals surface area contributed by atoms with Gasteiger partial charge < -0.3 is 10.4 Å². The molecule has 1 rings (SSSR count). The fraction of sp³-hybridized carbons (Fsp3) is 0.571. The van der Waals surface area contributed by atoms with Gasteiger partial charge in [-0.25, -0.2) is 4.98 Å². The second-order valence-electron chi connectivity index (χ2n) is 4.62. The lowest BCUT2D eigenvalue weighted by molar-refractivity contribution is 0.0816. The largest absolute Gasteiger partial charge is 0.391 e. The van der Waals surface area contributed by atoms with E-state index in [-0.39, 0.29) is 18.4 Å². The molecule has 4 nitrogen and oxygen atoms in total. The van der Waals surface area contributed by atoms with E-state index in [1.165, 1.54) is 0 Å². The van der Waals surface area contributed by atoms with Crippen LogP contribution in [0.4, 0.5) is 0 Å². The average molecular weight is 285 g/mol. The molecule has 0 saturated heterocycles. The Morgan fingerprint density at radius 1 is 1.42 bits per heavy atom. The number of aliphatic hydroxyl groups excluding tert-OH is 1. The van der Waals surface area contributed by atoms with Gasteiger partial charge in [-0.3, -0.25) is 4.79 Å². The SMILES string of the molecule is CCC(CC)C(O)CNC(=O)c1ccc(Cl)nc1C. The highest BCUT2D eigenvalue weighted by molar-refractivity contribution is 6.29. The molecule has 0 radical (unpaired) electrons. The second-order valence-corrected chi connectivity index (χ2v) is 5.01. The van der Waals surface area contributed by atoms with E-state index in [0.717, 1.165) is 12.8 Å². The highest BCUT2D eigenvalue weighted by atomic mass is 35.5. The molecule has 106 valence electrons. The minimum atomic E-state index is -0.514. The molecule has 0 aliphatic rings. The predicted molar refractivity (Wildman–Crippen MR) is 76.4 cm³/mol. The molecule has 0 aromatic carbocycles. The molecule has 1 heterocycles. The number of carbonyl (C=O) groups excluding carboxylic acids is 1. The van der Waals surface area contributed by atoms with Crippen LogP contribution < -0.4 is 5.32 Å². The van der Waals surface area contributed by atoms with E-state index in [0.29, 0.717) is 16.4 Å². The lowest BCUT2D eigenvalue weighted by Gasteiger charge is -2.20. The van der Waals surface area contributed by atoms with Crippen molar-refractivity contribution in [3.63, 3.8) is 0 Å². The normalized spacial score (nSPS) is 12.5. The fourth-order valence-corrected chi connectivity index (χ4v) is 2.25. The van der Waals surface area contributed by atoms with E-state index in [1.807, 2.05) is 13.8 Å². The monoisotopic (exact) mass is 284 g/mol. The topological polar surface area (TPSA) is 62.2 Å². The van der Waals surface area contributed by atoms with Crippen LogP contribution in [0.1, 0.15) is 42.7 Å². The maximum absolute atomic E-state index is 12.0. The van der Waals surface area contributed by atoms with Gasteiger partial charge in [0.15, 0.2) is 0 Å². The summed E-state index contributed by atoms with van der Waals surface area (Å²) in [5.41, 5.74) is 1.07. The first-order valence-corrected chi connectivity index (χ1v) is 6.96. The van der Waals surface area contributed by atoms with Crippen molar-refractivity contribution in [2.75, 3.05) is 6.54 Å². The predicted octanol–water partition coefficient (Wildman–Crippen LogP) is 2.57. The average Bonchev–Trinajstić information content (AvgIpc) is 2.37. The van der Waals surface area contributed by atoms with E-state index in [9.17, 15) is 9.90 Å². The van der Waals surface area contributed by atoms with Crippen molar-refractivity contribution < 1.29 is 9.90 Å². The van der Waals surface area contributed by atoms with Gasteiger partial charge in [0, 0.05) is 6.54 Å². The molecule has 2 N–H and O–H groups in total. The first-order chi connectivity index (χ1) is 8.99. The summed E-state index contributed by atoms with van der Waals surface area (Å²) in [6.07, 6.45) is 1.28. The van der Waals surface area contributed by atoms with E-state index in [4.69, 9.17) is 11.6 Å². The molecule has 1 amide bonds. The van der Waals surface area contributed by atoms with E-state index in [2.05, 4.69) is 10.3 Å². The Hall–Kier alpha value is -1.13. The van der Waals surface area contributed by atoms with Crippen molar-refractivity contribution in [2.45, 2.75) is 39.7 Å². The number of halogens is 1. The Labute approximate surface area is 119 Å². The highest BCUT2D eigenvalue weighted by Gasteiger charge is 2.17. The number of aliphatic hydroxyl groups is 1. The summed E-state index contributed by atoms with van der Waals surface area (Å²) in [5, 5.41) is 13.1. The first kappa shape index (κ1) is 15.9. The summed E-state index contributed by atoms with van der Waals surface area (Å²) in [6, 6.07) is 3.23. The van der Waals surface area contributed by atoms with Crippen molar-refractivity contribution in [1.29, 1.82) is 0 Å². The summed E-state index contributed by atoms with van der Waals surface area (Å²) in [5.74, 6) is -0.0172. The van der Waals surface area contributed by atoms with Crippen LogP contribution in [-0.4, -0.2) is 28.6 Å². The summed E-state index contributed by atoms with van der Waals surface area (Å²) in [6.45, 7) is 6.06. The number of rotatable bonds is 6. The Morgan fingerprint density at radius 3 is 2.58 bits per heavy atom. The van der Waals surface area contributed by atoms with Crippen LogP contribution in [0.25, 0.3) is 0 Å². The zero-order valence-electron chi connectivity index (χ0n) is 11.6. The number of carbonyl (C=O) groups is 1. The van der Waals surface area contributed by atoms with Gasteiger partial charge in [0.25, 0.3) is 5.91 Å². The smallest absolute Gasteiger partial charge is 0.253 e. The Balaban J connectivity index is 2.60. The van der Waals surface area contributed by atoms with E-state index >= 15 is 0 Å². The van der Waals surface area contributed by atoms with Gasteiger partial charge in [0.05, 0.1) is 17.4 Å². The third-order valence-electron chi connectivity index (χ3n) is 3.36. The minimum absolute atomic E-state index is 0.213. The summed E-state index contributed by atoms with van der Waals surface area (Å²) in [7, 11) is 0. The van der Waals surface area contributed by atoms with Crippen molar-refractivity contribution >= 4 is 17.5 Å². The number of aryl methyl sites for hydroxylation is 1. The molecule has 1 atom stereocenters. The van der Waals surface area contributed by atoms with Crippen LogP contribution in [0, 0.1) is 12.8 Å². The lowest BCUT2D eigenvalue weighted by Crippen LogP contribution is -2.36. The van der Waals surface area contributed by atoms with Crippen molar-refractivity contribution in [1.82, 2.24) is 10.3 Å². The van der Waals surface area contributed by atoms with Crippen molar-refractivity contribution in [3.05, 3.63) is 28.5 Å². The number of hydrogen-bond acceptors (Lipinski definition) is 3. The third kappa shape index (κ3) is 4.48. The minimum Gasteiger partial charge on any atom is -0.391 e. The maximum Gasteiger partial charge on any atom is 0.253 e. The number of nitrogens with one attached hydrogen (secondary N) is 1. The number of hydrogen-bond donors (Lipinski definition) is 2. The first-order valence-electron chi connectivity index (χ1n) is 6.59. The summed E-state index contributed by atoms with van der Waals surface area (Å²) in [4.78, 5) is 16.0. The van der Waals surface area contributed by atoms with Gasteiger partial charge in [-0.1, -0.05) is 38.3 Å². The van der Waals surface area contributed by atoms with Crippen molar-refractivity contribution in [3.8, 4) is 0 Å². The molecular weight excluding hydrogens is 264 g/mol. The van der Waals surface area contributed by atoms with Gasteiger partial charge >= 0.3 is 0 Å². The molecule has 19 heavy (non-hydrogen) atoms. The zero-order chi connectivity index (χ0) is 14.4. The van der Waals surface area contributed by atoms with Crippen molar-refractivity contribution in [2.24, 2.45) is 5.92 Å². The standard InChI is InChI=1S/C14H21ClN2O2/c1-4-10(5-2)12(18)8-16-14(19)11-6-7-13(15)17-9(11)3/h6-7,10,12,18H,4-5,8H2,1-3H3,(H,16,19). The van der Waals surface area contributed by atoms with Crippen LogP contribution in [0.15, 0.2) is 12.1 Å². The van der Waals surface area contributed by atoms with Crippen LogP contribution in [0.3, 0.4) is 0 Å². The summed E-state index contributed by atoms with van der Waals surface area (Å²) < 4.78 is 0. The fourth-order valence-electron chi connectivity index (χ4n) is 2.06. The van der Waals surface area contributed by atoms with Crippen LogP contribution in [0.5, 0.6) is 0 Å². The summed E-state index contributed by atoms with van der Waals surface area (Å²) >= 11 is 5.75. The van der Waals surface area contributed by atoms with Gasteiger partial charge in [-0.2, -0.15) is 0 Å². The van der Waals surface area contributed by atoms with Gasteiger partial charge in [-0.05, 0) is 25.0 Å². The molecule has 0 bridgehead atoms. The molecule has 1 aromatic rings. The van der Waals surface area contributed by atoms with Gasteiger partial charge in [-0.15, -0.1) is 0 Å². The number of pyridine rings is 1. The molecule has 0 fully saturated rings. The van der Waals surface area contributed by atoms with Crippen LogP contribution in [-0.2, 0) is 0 Å². The lowest BCUT2D eigenvalue weighted by atomic mass is 9.96. The quantitative estimate of drug-likeness (QED) is 0.789. The zero-order valence-corrected chi connectivity index (χ0v) is 12.4. The highest BCUT2D eigenvalue weighted by Crippen LogP contribution is 2.13. The Kier molecular flexibility index (Phi) is 6.25. The number of nitrogens with zero attached hydrogens (tertiary/aromatic N) is 1. The number of aromatic nitrogens is 1. The Bertz CT molecular complexity index is 433. The second kappa shape index (κ2) is 7.46. The molecule has 0 spiro atoms. The van der Waals surface area contributed by atoms with Gasteiger partial charge in [0.2, 0.25) is 0 Å². The molecular formula is C14H21ClN2O2. The molecule has 1 unspecified atom stereocenters. The third-order valence-corrected chi connectivity index (χ3v) is 3.57. The Morgan fingerprint density at radius 2 is 2.05 bits per heavy atom. The van der Waals surface area contributed by atoms with Gasteiger partial charge in [0.1, 0.15) is 5.15 Å². The molecule has 0 aliphatic heterocycles. The number of amides is 1. The van der Waals surface area contributed by atoms with Crippen LogP contribution in [0.2, 0.25) is 5.15 Å². The molecule has 0 aliphatic carbocycles. The maximum atomic E-state index is 12.0. The molecule has 0 saturated carbocycles. The van der Waals surface area contributed by atoms with E-state index in [1.54, 1.807) is 19.1 Å². The van der Waals surface area contributed by atoms with E-state index < -0.39 is 6.10 Å². The molecule has 1 aromatic heterocycles. The van der Waals surface area contributed by atoms with Crippen LogP contribution >= 0.6 is 11.6 Å². The molecule has 5 heteroatoms.